The lowest BCUT2D eigenvalue weighted by Gasteiger charge is -2.14. The molecule has 0 rings (SSSR count). The van der Waals surface area contributed by atoms with Gasteiger partial charge in [0.05, 0.1) is 0 Å². The second-order valence-corrected chi connectivity index (χ2v) is 4.60. The third kappa shape index (κ3) is 6.49. The maximum Gasteiger partial charge on any atom is 0.274 e. The topological polar surface area (TPSA) is 110 Å². The van der Waals surface area contributed by atoms with Gasteiger partial charge in [-0.15, -0.1) is 0 Å². The van der Waals surface area contributed by atoms with E-state index in [0.29, 0.717) is 5.82 Å². The van der Waals surface area contributed by atoms with Crippen molar-refractivity contribution in [3.8, 4) is 0 Å². The number of rotatable bonds is 6. The highest BCUT2D eigenvalue weighted by Gasteiger charge is 2.13. The molecular formula is C13H24N4O2. The molecule has 0 heterocycles. The van der Waals surface area contributed by atoms with Crippen LogP contribution in [0.3, 0.4) is 0 Å². The molecule has 0 atom stereocenters. The number of carbonyl (C=O) groups excluding carboxylic acids is 2. The minimum absolute atomic E-state index is 0.0544. The van der Waals surface area contributed by atoms with Gasteiger partial charge >= 0.3 is 0 Å². The van der Waals surface area contributed by atoms with Gasteiger partial charge in [-0.3, -0.25) is 9.59 Å². The second kappa shape index (κ2) is 8.18. The molecule has 108 valence electrons. The summed E-state index contributed by atoms with van der Waals surface area (Å²) in [7, 11) is 0. The fourth-order valence-electron chi connectivity index (χ4n) is 1.07. The lowest BCUT2D eigenvalue weighted by Crippen LogP contribution is -2.39. The van der Waals surface area contributed by atoms with E-state index in [1.54, 1.807) is 19.9 Å². The molecule has 0 aromatic rings. The van der Waals surface area contributed by atoms with Crippen LogP contribution in [0, 0.1) is 5.92 Å². The second-order valence-electron chi connectivity index (χ2n) is 4.60. The van der Waals surface area contributed by atoms with Crippen LogP contribution < -0.4 is 22.1 Å². The highest BCUT2D eigenvalue weighted by molar-refractivity contribution is 5.94. The molecule has 19 heavy (non-hydrogen) atoms. The zero-order valence-electron chi connectivity index (χ0n) is 12.0. The normalized spacial score (nSPS) is 13.0. The van der Waals surface area contributed by atoms with Crippen molar-refractivity contribution in [1.82, 2.24) is 10.6 Å². The molecule has 0 fully saturated rings. The van der Waals surface area contributed by atoms with Gasteiger partial charge in [0, 0.05) is 11.6 Å². The molecule has 6 heteroatoms. The molecule has 0 bridgehead atoms. The molecule has 0 aromatic heterocycles. The Morgan fingerprint density at radius 3 is 2.21 bits per heavy atom. The van der Waals surface area contributed by atoms with Crippen LogP contribution in [0.1, 0.15) is 40.5 Å². The minimum atomic E-state index is -0.522. The molecule has 6 N–H and O–H groups in total. The molecule has 0 aliphatic carbocycles. The number of carbonyl (C=O) groups is 2. The molecule has 0 aliphatic rings. The van der Waals surface area contributed by atoms with E-state index in [-0.39, 0.29) is 23.2 Å². The summed E-state index contributed by atoms with van der Waals surface area (Å²) in [6.07, 6.45) is 3.38. The van der Waals surface area contributed by atoms with Gasteiger partial charge in [0.2, 0.25) is 5.91 Å². The lowest BCUT2D eigenvalue weighted by molar-refractivity contribution is -0.123. The van der Waals surface area contributed by atoms with Crippen molar-refractivity contribution in [3.05, 3.63) is 23.3 Å². The van der Waals surface area contributed by atoms with Gasteiger partial charge < -0.3 is 22.1 Å². The van der Waals surface area contributed by atoms with Crippen LogP contribution in [0.4, 0.5) is 0 Å². The molecule has 0 unspecified atom stereocenters. The first kappa shape index (κ1) is 17.0. The zero-order valence-corrected chi connectivity index (χ0v) is 12.0. The number of unbranched alkanes of at least 4 members (excludes halogenated alkanes) is 1. The maximum absolute atomic E-state index is 11.7. The number of hydrogen-bond acceptors (Lipinski definition) is 4. The van der Waals surface area contributed by atoms with Crippen molar-refractivity contribution in [2.45, 2.75) is 40.5 Å². The standard InChI is InChI=1S/C13H24N4O2/c1-5-6-7-10(16-12(18)8(2)3)17-13(19)11(15)9(4)14/h7-8H,5-6,14-15H2,1-4H3,(H,16,18)(H,17,19)/b10-7+,11-9-. The van der Waals surface area contributed by atoms with Crippen LogP contribution >= 0.6 is 0 Å². The summed E-state index contributed by atoms with van der Waals surface area (Å²) in [6, 6.07) is 0. The minimum Gasteiger partial charge on any atom is -0.400 e. The molecule has 0 saturated heterocycles. The SMILES string of the molecule is CCC/C=C(/NC(=O)/C(N)=C(\C)N)NC(=O)C(C)C. The fraction of sp³-hybridized carbons (Fsp3) is 0.538. The van der Waals surface area contributed by atoms with Crippen molar-refractivity contribution >= 4 is 11.8 Å². The highest BCUT2D eigenvalue weighted by atomic mass is 16.2. The van der Waals surface area contributed by atoms with Gasteiger partial charge in [-0.25, -0.2) is 0 Å². The van der Waals surface area contributed by atoms with Crippen LogP contribution in [0.15, 0.2) is 23.3 Å². The van der Waals surface area contributed by atoms with Crippen LogP contribution in [-0.2, 0) is 9.59 Å². The summed E-state index contributed by atoms with van der Waals surface area (Å²) in [6.45, 7) is 7.08. The molecule has 0 radical (unpaired) electrons. The van der Waals surface area contributed by atoms with Crippen molar-refractivity contribution < 1.29 is 9.59 Å². The van der Waals surface area contributed by atoms with Crippen molar-refractivity contribution in [3.63, 3.8) is 0 Å². The number of allylic oxidation sites excluding steroid dienone is 2. The predicted octanol–water partition coefficient (Wildman–Crippen LogP) is 0.665. The maximum atomic E-state index is 11.7. The average molecular weight is 268 g/mol. The van der Waals surface area contributed by atoms with Gasteiger partial charge in [-0.1, -0.05) is 27.2 Å². The van der Waals surface area contributed by atoms with E-state index >= 15 is 0 Å². The van der Waals surface area contributed by atoms with E-state index in [2.05, 4.69) is 10.6 Å². The molecule has 6 nitrogen and oxygen atoms in total. The smallest absolute Gasteiger partial charge is 0.274 e. The lowest BCUT2D eigenvalue weighted by atomic mass is 10.2. The first-order chi connectivity index (χ1) is 8.79. The predicted molar refractivity (Wildman–Crippen MR) is 75.2 cm³/mol. The van der Waals surface area contributed by atoms with Gasteiger partial charge in [0.25, 0.3) is 5.91 Å². The Kier molecular flexibility index (Phi) is 7.33. The Bertz CT molecular complexity index is 393. The van der Waals surface area contributed by atoms with Crippen molar-refractivity contribution in [2.75, 3.05) is 0 Å². The zero-order chi connectivity index (χ0) is 15.0. The fourth-order valence-corrected chi connectivity index (χ4v) is 1.07. The molecule has 0 aromatic carbocycles. The van der Waals surface area contributed by atoms with Crippen molar-refractivity contribution in [2.24, 2.45) is 17.4 Å². The van der Waals surface area contributed by atoms with Crippen LogP contribution in [0.5, 0.6) is 0 Å². The monoisotopic (exact) mass is 268 g/mol. The summed E-state index contributed by atoms with van der Waals surface area (Å²) < 4.78 is 0. The third-order valence-electron chi connectivity index (χ3n) is 2.34. The summed E-state index contributed by atoms with van der Waals surface area (Å²) in [5.74, 6) is -0.526. The van der Waals surface area contributed by atoms with E-state index in [0.717, 1.165) is 12.8 Å². The van der Waals surface area contributed by atoms with E-state index < -0.39 is 5.91 Å². The Labute approximate surface area is 114 Å². The highest BCUT2D eigenvalue weighted by Crippen LogP contribution is 1.99. The largest absolute Gasteiger partial charge is 0.400 e. The third-order valence-corrected chi connectivity index (χ3v) is 2.34. The number of hydrogen-bond donors (Lipinski definition) is 4. The Morgan fingerprint density at radius 2 is 1.79 bits per heavy atom. The summed E-state index contributed by atoms with van der Waals surface area (Å²) in [5, 5.41) is 5.19. The van der Waals surface area contributed by atoms with E-state index in [1.807, 2.05) is 6.92 Å². The van der Waals surface area contributed by atoms with Crippen LogP contribution in [0.2, 0.25) is 0 Å². The summed E-state index contributed by atoms with van der Waals surface area (Å²) in [4.78, 5) is 23.4. The molecular weight excluding hydrogens is 244 g/mol. The Morgan fingerprint density at radius 1 is 1.21 bits per heavy atom. The Hall–Kier alpha value is -1.98. The van der Waals surface area contributed by atoms with E-state index in [1.165, 1.54) is 6.92 Å². The molecule has 0 spiro atoms. The molecule has 2 amide bonds. The van der Waals surface area contributed by atoms with E-state index in [4.69, 9.17) is 11.5 Å². The van der Waals surface area contributed by atoms with E-state index in [9.17, 15) is 9.59 Å². The number of nitrogens with two attached hydrogens (primary N) is 2. The van der Waals surface area contributed by atoms with Gasteiger partial charge in [0.15, 0.2) is 0 Å². The quantitative estimate of drug-likeness (QED) is 0.530. The van der Waals surface area contributed by atoms with Gasteiger partial charge in [-0.2, -0.15) is 0 Å². The van der Waals surface area contributed by atoms with Crippen molar-refractivity contribution in [1.29, 1.82) is 0 Å². The first-order valence-electron chi connectivity index (χ1n) is 6.33. The summed E-state index contributed by atoms with van der Waals surface area (Å²) in [5.41, 5.74) is 11.2. The van der Waals surface area contributed by atoms with Gasteiger partial charge in [-0.05, 0) is 19.4 Å². The average Bonchev–Trinajstić information content (AvgIpc) is 2.34. The van der Waals surface area contributed by atoms with Crippen LogP contribution in [-0.4, -0.2) is 11.8 Å². The summed E-state index contributed by atoms with van der Waals surface area (Å²) >= 11 is 0. The molecule has 0 saturated carbocycles. The number of amides is 2. The number of nitrogens with one attached hydrogen (secondary N) is 2. The first-order valence-corrected chi connectivity index (χ1v) is 6.33. The van der Waals surface area contributed by atoms with Crippen LogP contribution in [0.25, 0.3) is 0 Å². The van der Waals surface area contributed by atoms with Gasteiger partial charge in [0.1, 0.15) is 11.5 Å². The molecule has 0 aliphatic heterocycles. The Balaban J connectivity index is 4.85.